The van der Waals surface area contributed by atoms with Crippen LogP contribution in [0.1, 0.15) is 19.8 Å². The first kappa shape index (κ1) is 12.9. The van der Waals surface area contributed by atoms with E-state index in [4.69, 9.17) is 4.74 Å². The fraction of sp³-hybridized carbons (Fsp3) is 0.900. The maximum Gasteiger partial charge on any atom is 0.235 e. The molecule has 1 unspecified atom stereocenters. The van der Waals surface area contributed by atoms with E-state index in [0.717, 1.165) is 0 Å². The van der Waals surface area contributed by atoms with Crippen LogP contribution < -0.4 is 0 Å². The van der Waals surface area contributed by atoms with Crippen molar-refractivity contribution in [3.63, 3.8) is 0 Å². The minimum Gasteiger partial charge on any atom is -0.388 e. The second-order valence-electron chi connectivity index (χ2n) is 4.15. The van der Waals surface area contributed by atoms with Crippen molar-refractivity contribution < 1.29 is 14.6 Å². The SMILES string of the molecule is CC(Br)C(=O)N(C)CC1(O)CCOCC1. The second-order valence-corrected chi connectivity index (χ2v) is 5.52. The Morgan fingerprint density at radius 2 is 2.13 bits per heavy atom. The zero-order chi connectivity index (χ0) is 11.5. The largest absolute Gasteiger partial charge is 0.388 e. The summed E-state index contributed by atoms with van der Waals surface area (Å²) in [7, 11) is 1.72. The van der Waals surface area contributed by atoms with E-state index in [1.807, 2.05) is 0 Å². The van der Waals surface area contributed by atoms with Crippen LogP contribution in [0.3, 0.4) is 0 Å². The molecule has 15 heavy (non-hydrogen) atoms. The Bertz CT molecular complexity index is 227. The van der Waals surface area contributed by atoms with Gasteiger partial charge >= 0.3 is 0 Å². The van der Waals surface area contributed by atoms with Gasteiger partial charge in [-0.3, -0.25) is 4.79 Å². The molecule has 0 bridgehead atoms. The van der Waals surface area contributed by atoms with Gasteiger partial charge in [0.1, 0.15) is 0 Å². The van der Waals surface area contributed by atoms with Crippen molar-refractivity contribution in [3.8, 4) is 0 Å². The van der Waals surface area contributed by atoms with Crippen molar-refractivity contribution in [1.82, 2.24) is 4.90 Å². The highest BCUT2D eigenvalue weighted by Crippen LogP contribution is 2.21. The summed E-state index contributed by atoms with van der Waals surface area (Å²) >= 11 is 3.23. The molecule has 0 spiro atoms. The van der Waals surface area contributed by atoms with Crippen molar-refractivity contribution in [2.75, 3.05) is 26.8 Å². The van der Waals surface area contributed by atoms with Gasteiger partial charge in [-0.15, -0.1) is 0 Å². The van der Waals surface area contributed by atoms with E-state index in [2.05, 4.69) is 15.9 Å². The molecule has 0 aromatic heterocycles. The average molecular weight is 280 g/mol. The Hall–Kier alpha value is -0.130. The monoisotopic (exact) mass is 279 g/mol. The number of hydrogen-bond acceptors (Lipinski definition) is 3. The highest BCUT2D eigenvalue weighted by Gasteiger charge is 2.32. The Balaban J connectivity index is 2.48. The van der Waals surface area contributed by atoms with Crippen molar-refractivity contribution in [1.29, 1.82) is 0 Å². The summed E-state index contributed by atoms with van der Waals surface area (Å²) in [4.78, 5) is 13.0. The maximum absolute atomic E-state index is 11.6. The average Bonchev–Trinajstić information content (AvgIpc) is 2.16. The molecule has 0 saturated carbocycles. The molecular weight excluding hydrogens is 262 g/mol. The molecule has 1 rings (SSSR count). The normalized spacial score (nSPS) is 22.1. The molecule has 0 aromatic rings. The highest BCUT2D eigenvalue weighted by molar-refractivity contribution is 9.10. The minimum absolute atomic E-state index is 0.00471. The summed E-state index contributed by atoms with van der Waals surface area (Å²) in [6.07, 6.45) is 1.20. The molecule has 1 atom stereocenters. The number of carbonyl (C=O) groups excluding carboxylic acids is 1. The number of aliphatic hydroxyl groups is 1. The van der Waals surface area contributed by atoms with E-state index in [1.165, 1.54) is 0 Å². The number of carbonyl (C=O) groups is 1. The van der Waals surface area contributed by atoms with Crippen molar-refractivity contribution in [3.05, 3.63) is 0 Å². The summed E-state index contributed by atoms with van der Waals surface area (Å²) in [5.74, 6) is -0.00471. The first-order chi connectivity index (χ1) is 6.94. The summed E-state index contributed by atoms with van der Waals surface area (Å²) < 4.78 is 5.18. The maximum atomic E-state index is 11.6. The van der Waals surface area contributed by atoms with E-state index in [9.17, 15) is 9.90 Å². The lowest BCUT2D eigenvalue weighted by atomic mass is 9.94. The summed E-state index contributed by atoms with van der Waals surface area (Å²) in [5.41, 5.74) is -0.773. The summed E-state index contributed by atoms with van der Waals surface area (Å²) in [5, 5.41) is 10.2. The quantitative estimate of drug-likeness (QED) is 0.777. The van der Waals surface area contributed by atoms with Crippen LogP contribution in [0.2, 0.25) is 0 Å². The first-order valence-corrected chi connectivity index (χ1v) is 6.05. The number of halogens is 1. The molecule has 0 radical (unpaired) electrons. The smallest absolute Gasteiger partial charge is 0.235 e. The van der Waals surface area contributed by atoms with Crippen molar-refractivity contribution in [2.45, 2.75) is 30.2 Å². The molecule has 1 heterocycles. The van der Waals surface area contributed by atoms with Crippen LogP contribution in [-0.4, -0.2) is 53.1 Å². The molecule has 5 heteroatoms. The molecule has 4 nitrogen and oxygen atoms in total. The lowest BCUT2D eigenvalue weighted by molar-refractivity contribution is -0.135. The van der Waals surface area contributed by atoms with Crippen LogP contribution in [0.5, 0.6) is 0 Å². The number of rotatable bonds is 3. The second kappa shape index (κ2) is 5.27. The van der Waals surface area contributed by atoms with Gasteiger partial charge in [-0.05, 0) is 6.92 Å². The van der Waals surface area contributed by atoms with Gasteiger partial charge in [0.25, 0.3) is 0 Å². The lowest BCUT2D eigenvalue weighted by Crippen LogP contribution is -2.48. The lowest BCUT2D eigenvalue weighted by Gasteiger charge is -2.35. The number of alkyl halides is 1. The first-order valence-electron chi connectivity index (χ1n) is 5.14. The molecule has 1 N–H and O–H groups in total. The van der Waals surface area contributed by atoms with Gasteiger partial charge in [0, 0.05) is 39.6 Å². The third-order valence-corrected chi connectivity index (χ3v) is 3.06. The Morgan fingerprint density at radius 3 is 2.60 bits per heavy atom. The number of nitrogens with zero attached hydrogens (tertiary/aromatic N) is 1. The third kappa shape index (κ3) is 3.74. The van der Waals surface area contributed by atoms with Crippen LogP contribution in [0.4, 0.5) is 0 Å². The number of hydrogen-bond donors (Lipinski definition) is 1. The number of amides is 1. The van der Waals surface area contributed by atoms with Gasteiger partial charge in [-0.1, -0.05) is 15.9 Å². The Kier molecular flexibility index (Phi) is 4.55. The van der Waals surface area contributed by atoms with Crippen LogP contribution in [0, 0.1) is 0 Å². The van der Waals surface area contributed by atoms with Gasteiger partial charge < -0.3 is 14.7 Å². The number of likely N-dealkylation sites (N-methyl/N-ethyl adjacent to an activating group) is 1. The molecule has 1 aliphatic heterocycles. The van der Waals surface area contributed by atoms with Gasteiger partial charge in [0.15, 0.2) is 0 Å². The van der Waals surface area contributed by atoms with E-state index in [1.54, 1.807) is 18.9 Å². The molecule has 1 amide bonds. The van der Waals surface area contributed by atoms with Gasteiger partial charge in [-0.2, -0.15) is 0 Å². The molecule has 0 aromatic carbocycles. The Morgan fingerprint density at radius 1 is 1.60 bits per heavy atom. The van der Waals surface area contributed by atoms with E-state index in [-0.39, 0.29) is 10.7 Å². The van der Waals surface area contributed by atoms with Crippen LogP contribution in [-0.2, 0) is 9.53 Å². The molecule has 88 valence electrons. The van der Waals surface area contributed by atoms with Crippen molar-refractivity contribution in [2.24, 2.45) is 0 Å². The van der Waals surface area contributed by atoms with Crippen LogP contribution in [0.25, 0.3) is 0 Å². The molecule has 1 saturated heterocycles. The summed E-state index contributed by atoms with van der Waals surface area (Å²) in [6, 6.07) is 0. The van der Waals surface area contributed by atoms with Gasteiger partial charge in [-0.25, -0.2) is 0 Å². The molecule has 0 aliphatic carbocycles. The zero-order valence-electron chi connectivity index (χ0n) is 9.20. The number of ether oxygens (including phenoxy) is 1. The minimum atomic E-state index is -0.773. The van der Waals surface area contributed by atoms with Crippen LogP contribution >= 0.6 is 15.9 Å². The Labute approximate surface area is 98.7 Å². The van der Waals surface area contributed by atoms with Gasteiger partial charge in [0.2, 0.25) is 5.91 Å². The topological polar surface area (TPSA) is 49.8 Å². The van der Waals surface area contributed by atoms with E-state index >= 15 is 0 Å². The van der Waals surface area contributed by atoms with Crippen molar-refractivity contribution >= 4 is 21.8 Å². The molecule has 1 fully saturated rings. The third-order valence-electron chi connectivity index (χ3n) is 2.67. The van der Waals surface area contributed by atoms with E-state index < -0.39 is 5.60 Å². The van der Waals surface area contributed by atoms with E-state index in [0.29, 0.717) is 32.6 Å². The van der Waals surface area contributed by atoms with Crippen LogP contribution in [0.15, 0.2) is 0 Å². The van der Waals surface area contributed by atoms with Gasteiger partial charge in [0.05, 0.1) is 10.4 Å². The standard InChI is InChI=1S/C10H18BrNO3/c1-8(11)9(13)12(2)7-10(14)3-5-15-6-4-10/h8,14H,3-7H2,1-2H3. The fourth-order valence-electron chi connectivity index (χ4n) is 1.73. The predicted molar refractivity (Wildman–Crippen MR) is 61.0 cm³/mol. The highest BCUT2D eigenvalue weighted by atomic mass is 79.9. The predicted octanol–water partition coefficient (Wildman–Crippen LogP) is 0.770. The fourth-order valence-corrected chi connectivity index (χ4v) is 2.08. The molecule has 1 aliphatic rings. The summed E-state index contributed by atoms with van der Waals surface area (Å²) in [6.45, 7) is 3.31. The zero-order valence-corrected chi connectivity index (χ0v) is 10.8. The molecular formula is C10H18BrNO3.